The van der Waals surface area contributed by atoms with Crippen LogP contribution in [0.15, 0.2) is 35.7 Å². The summed E-state index contributed by atoms with van der Waals surface area (Å²) < 4.78 is 11.1. The van der Waals surface area contributed by atoms with Crippen molar-refractivity contribution in [2.75, 3.05) is 32.1 Å². The lowest BCUT2D eigenvalue weighted by molar-refractivity contribution is -0.117. The Balaban J connectivity index is 2.04. The molecule has 25 heavy (non-hydrogen) atoms. The Labute approximate surface area is 153 Å². The molecule has 6 heteroatoms. The highest BCUT2D eigenvalue weighted by molar-refractivity contribution is 7.10. The normalized spacial score (nSPS) is 12.0. The van der Waals surface area contributed by atoms with Crippen LogP contribution in [-0.4, -0.2) is 37.6 Å². The maximum atomic E-state index is 12.5. The lowest BCUT2D eigenvalue weighted by atomic mass is 10.2. The molecule has 2 rings (SSSR count). The Hall–Kier alpha value is -2.05. The van der Waals surface area contributed by atoms with Gasteiger partial charge < -0.3 is 14.8 Å². The van der Waals surface area contributed by atoms with Crippen LogP contribution in [0.2, 0.25) is 0 Å². The fourth-order valence-electron chi connectivity index (χ4n) is 2.44. The zero-order chi connectivity index (χ0) is 18.2. The van der Waals surface area contributed by atoms with Crippen molar-refractivity contribution in [3.8, 4) is 11.5 Å². The van der Waals surface area contributed by atoms with E-state index in [1.54, 1.807) is 17.4 Å². The van der Waals surface area contributed by atoms with Gasteiger partial charge in [0.25, 0.3) is 0 Å². The van der Waals surface area contributed by atoms with Gasteiger partial charge in [0.15, 0.2) is 0 Å². The minimum Gasteiger partial charge on any atom is -0.494 e. The van der Waals surface area contributed by atoms with Crippen molar-refractivity contribution >= 4 is 22.9 Å². The predicted molar refractivity (Wildman–Crippen MR) is 103 cm³/mol. The molecule has 0 bridgehead atoms. The molecule has 1 amide bonds. The van der Waals surface area contributed by atoms with Crippen LogP contribution in [0.1, 0.15) is 31.7 Å². The number of likely N-dealkylation sites (N-methyl/N-ethyl adjacent to an activating group) is 1. The van der Waals surface area contributed by atoms with Crippen molar-refractivity contribution in [3.63, 3.8) is 0 Å². The number of nitrogens with zero attached hydrogens (tertiary/aromatic N) is 1. The zero-order valence-electron chi connectivity index (χ0n) is 15.2. The molecule has 5 nitrogen and oxygen atoms in total. The summed E-state index contributed by atoms with van der Waals surface area (Å²) in [6, 6.07) is 9.76. The van der Waals surface area contributed by atoms with E-state index in [2.05, 4.69) is 18.3 Å². The maximum Gasteiger partial charge on any atom is 0.238 e. The van der Waals surface area contributed by atoms with Gasteiger partial charge in [0.2, 0.25) is 5.91 Å². The Morgan fingerprint density at radius 3 is 2.64 bits per heavy atom. The molecule has 1 heterocycles. The monoisotopic (exact) mass is 362 g/mol. The number of benzene rings is 1. The number of anilines is 1. The van der Waals surface area contributed by atoms with Crippen LogP contribution in [0.4, 0.5) is 5.69 Å². The highest BCUT2D eigenvalue weighted by atomic mass is 32.1. The standard InChI is InChI=1S/C19H26N2O3S/c1-5-23-15-9-10-17(24-6-2)16(12-15)20-19(22)13-21(4)14(3)18-8-7-11-25-18/h7-12,14H,5-6,13H2,1-4H3,(H,20,22). The first-order valence-electron chi connectivity index (χ1n) is 8.48. The Morgan fingerprint density at radius 2 is 2.00 bits per heavy atom. The summed E-state index contributed by atoms with van der Waals surface area (Å²) in [5.41, 5.74) is 0.634. The third-order valence-electron chi connectivity index (χ3n) is 3.85. The smallest absolute Gasteiger partial charge is 0.238 e. The van der Waals surface area contributed by atoms with E-state index < -0.39 is 0 Å². The van der Waals surface area contributed by atoms with E-state index in [-0.39, 0.29) is 11.9 Å². The van der Waals surface area contributed by atoms with Crippen LogP contribution < -0.4 is 14.8 Å². The number of nitrogens with one attached hydrogen (secondary N) is 1. The van der Waals surface area contributed by atoms with E-state index in [0.717, 1.165) is 0 Å². The summed E-state index contributed by atoms with van der Waals surface area (Å²) in [7, 11) is 1.95. The molecule has 0 fully saturated rings. The van der Waals surface area contributed by atoms with E-state index in [4.69, 9.17) is 9.47 Å². The van der Waals surface area contributed by atoms with Gasteiger partial charge in [0, 0.05) is 17.0 Å². The fraction of sp³-hybridized carbons (Fsp3) is 0.421. The Kier molecular flexibility index (Phi) is 7.28. The minimum absolute atomic E-state index is 0.0829. The average Bonchev–Trinajstić information content (AvgIpc) is 3.11. The molecule has 0 aliphatic rings. The molecular formula is C19H26N2O3S. The average molecular weight is 362 g/mol. The zero-order valence-corrected chi connectivity index (χ0v) is 16.1. The van der Waals surface area contributed by atoms with Crippen LogP contribution in [-0.2, 0) is 4.79 Å². The maximum absolute atomic E-state index is 12.5. The van der Waals surface area contributed by atoms with Gasteiger partial charge >= 0.3 is 0 Å². The van der Waals surface area contributed by atoms with Crippen molar-refractivity contribution in [3.05, 3.63) is 40.6 Å². The first-order chi connectivity index (χ1) is 12.0. The topological polar surface area (TPSA) is 50.8 Å². The lowest BCUT2D eigenvalue weighted by Crippen LogP contribution is -2.32. The quantitative estimate of drug-likeness (QED) is 0.727. The molecule has 0 aliphatic carbocycles. The fourth-order valence-corrected chi connectivity index (χ4v) is 3.29. The number of carbonyl (C=O) groups excluding carboxylic acids is 1. The molecule has 1 aromatic carbocycles. The third-order valence-corrected chi connectivity index (χ3v) is 4.89. The molecule has 0 radical (unpaired) electrons. The van der Waals surface area contributed by atoms with Crippen molar-refractivity contribution in [2.45, 2.75) is 26.8 Å². The second-order valence-electron chi connectivity index (χ2n) is 5.68. The molecule has 2 aromatic rings. The molecule has 1 aromatic heterocycles. The van der Waals surface area contributed by atoms with E-state index in [0.29, 0.717) is 36.9 Å². The van der Waals surface area contributed by atoms with Crippen LogP contribution >= 0.6 is 11.3 Å². The number of hydrogen-bond donors (Lipinski definition) is 1. The van der Waals surface area contributed by atoms with Crippen LogP contribution in [0, 0.1) is 0 Å². The van der Waals surface area contributed by atoms with Gasteiger partial charge in [-0.1, -0.05) is 6.07 Å². The molecule has 1 unspecified atom stereocenters. The van der Waals surface area contributed by atoms with Crippen LogP contribution in [0.5, 0.6) is 11.5 Å². The van der Waals surface area contributed by atoms with E-state index in [1.165, 1.54) is 4.88 Å². The second-order valence-corrected chi connectivity index (χ2v) is 6.66. The summed E-state index contributed by atoms with van der Waals surface area (Å²) >= 11 is 1.70. The Bertz CT molecular complexity index is 673. The number of hydrogen-bond acceptors (Lipinski definition) is 5. The van der Waals surface area contributed by atoms with Gasteiger partial charge in [0.1, 0.15) is 11.5 Å². The van der Waals surface area contributed by atoms with E-state index >= 15 is 0 Å². The molecule has 1 N–H and O–H groups in total. The number of ether oxygens (including phenoxy) is 2. The van der Waals surface area contributed by atoms with Crippen LogP contribution in [0.3, 0.4) is 0 Å². The SMILES string of the molecule is CCOc1ccc(OCC)c(NC(=O)CN(C)C(C)c2cccs2)c1. The largest absolute Gasteiger partial charge is 0.494 e. The van der Waals surface area contributed by atoms with Crippen molar-refractivity contribution in [2.24, 2.45) is 0 Å². The first kappa shape index (κ1) is 19.3. The molecular weight excluding hydrogens is 336 g/mol. The number of rotatable bonds is 9. The van der Waals surface area contributed by atoms with Gasteiger partial charge in [-0.25, -0.2) is 0 Å². The molecule has 0 spiro atoms. The highest BCUT2D eigenvalue weighted by Crippen LogP contribution is 2.30. The third kappa shape index (κ3) is 5.47. The second kappa shape index (κ2) is 9.44. The summed E-state index contributed by atoms with van der Waals surface area (Å²) in [6.45, 7) is 7.34. The summed E-state index contributed by atoms with van der Waals surface area (Å²) in [5.74, 6) is 1.27. The van der Waals surface area contributed by atoms with Crippen molar-refractivity contribution < 1.29 is 14.3 Å². The number of amides is 1. The van der Waals surface area contributed by atoms with Gasteiger partial charge in [0.05, 0.1) is 25.4 Å². The van der Waals surface area contributed by atoms with Gasteiger partial charge in [-0.05, 0) is 51.4 Å². The molecule has 0 saturated carbocycles. The molecule has 0 aliphatic heterocycles. The van der Waals surface area contributed by atoms with Crippen molar-refractivity contribution in [1.29, 1.82) is 0 Å². The summed E-state index contributed by atoms with van der Waals surface area (Å²) in [5, 5.41) is 4.99. The Morgan fingerprint density at radius 1 is 1.24 bits per heavy atom. The first-order valence-corrected chi connectivity index (χ1v) is 9.36. The number of thiophene rings is 1. The van der Waals surface area contributed by atoms with E-state index in [1.807, 2.05) is 49.4 Å². The van der Waals surface area contributed by atoms with Gasteiger partial charge in [-0.2, -0.15) is 0 Å². The molecule has 0 saturated heterocycles. The number of carbonyl (C=O) groups is 1. The molecule has 136 valence electrons. The van der Waals surface area contributed by atoms with Gasteiger partial charge in [-0.15, -0.1) is 11.3 Å². The van der Waals surface area contributed by atoms with Crippen molar-refractivity contribution in [1.82, 2.24) is 4.90 Å². The minimum atomic E-state index is -0.0829. The molecule has 1 atom stereocenters. The van der Waals surface area contributed by atoms with Gasteiger partial charge in [-0.3, -0.25) is 9.69 Å². The van der Waals surface area contributed by atoms with E-state index in [9.17, 15) is 4.79 Å². The van der Waals surface area contributed by atoms with Crippen LogP contribution in [0.25, 0.3) is 0 Å². The summed E-state index contributed by atoms with van der Waals surface area (Å²) in [6.07, 6.45) is 0. The predicted octanol–water partition coefficient (Wildman–Crippen LogP) is 4.18. The highest BCUT2D eigenvalue weighted by Gasteiger charge is 2.17. The lowest BCUT2D eigenvalue weighted by Gasteiger charge is -2.23. The summed E-state index contributed by atoms with van der Waals surface area (Å²) in [4.78, 5) is 15.7.